The van der Waals surface area contributed by atoms with E-state index < -0.39 is 22.9 Å². The maximum absolute atomic E-state index is 13.7. The van der Waals surface area contributed by atoms with Crippen molar-refractivity contribution < 1.29 is 14.3 Å². The number of hydrogen-bond donors (Lipinski definition) is 2. The van der Waals surface area contributed by atoms with Crippen molar-refractivity contribution in [3.05, 3.63) is 50.7 Å². The first-order valence-electron chi connectivity index (χ1n) is 5.20. The van der Waals surface area contributed by atoms with Gasteiger partial charge >= 0.3 is 5.97 Å². The number of carboxylic acid groups (broad SMARTS) is 1. The number of aromatic amines is 1. The third kappa shape index (κ3) is 2.48. The summed E-state index contributed by atoms with van der Waals surface area (Å²) < 4.78 is 13.7. The van der Waals surface area contributed by atoms with E-state index in [4.69, 9.17) is 16.7 Å². The molecule has 0 aliphatic heterocycles. The lowest BCUT2D eigenvalue weighted by Crippen LogP contribution is -2.21. The highest BCUT2D eigenvalue weighted by Crippen LogP contribution is 2.22. The molecule has 7 heteroatoms. The van der Waals surface area contributed by atoms with Crippen LogP contribution in [-0.2, 0) is 0 Å². The predicted molar refractivity (Wildman–Crippen MR) is 67.0 cm³/mol. The Labute approximate surface area is 111 Å². The fraction of sp³-hybridized carbons (Fsp3) is 0.0833. The number of halogens is 2. The van der Waals surface area contributed by atoms with Crippen LogP contribution in [0.3, 0.4) is 0 Å². The number of nitrogens with zero attached hydrogens (tertiary/aromatic N) is 1. The number of hydrogen-bond acceptors (Lipinski definition) is 3. The van der Waals surface area contributed by atoms with Crippen LogP contribution < -0.4 is 5.56 Å². The van der Waals surface area contributed by atoms with Crippen molar-refractivity contribution in [3.63, 3.8) is 0 Å². The summed E-state index contributed by atoms with van der Waals surface area (Å²) in [6.07, 6.45) is 0. The zero-order valence-corrected chi connectivity index (χ0v) is 10.5. The molecule has 0 spiro atoms. The molecule has 0 saturated carbocycles. The van der Waals surface area contributed by atoms with E-state index >= 15 is 0 Å². The Balaban J connectivity index is 2.65. The van der Waals surface area contributed by atoms with E-state index in [-0.39, 0.29) is 22.1 Å². The summed E-state index contributed by atoms with van der Waals surface area (Å²) in [6, 6.07) is 3.88. The van der Waals surface area contributed by atoms with Crippen molar-refractivity contribution in [3.8, 4) is 11.4 Å². The number of aryl methyl sites for hydroxylation is 1. The molecule has 98 valence electrons. The Bertz CT molecular complexity index is 727. The number of benzene rings is 1. The molecule has 2 aromatic rings. The molecule has 1 heterocycles. The van der Waals surface area contributed by atoms with Gasteiger partial charge in [0.25, 0.3) is 5.56 Å². The SMILES string of the molecule is Cc1nc(-c2ccc(Cl)cc2F)[nH]c(=O)c1C(=O)O. The van der Waals surface area contributed by atoms with E-state index in [9.17, 15) is 14.0 Å². The average Bonchev–Trinajstić information content (AvgIpc) is 2.26. The van der Waals surface area contributed by atoms with Crippen LogP contribution in [0.2, 0.25) is 5.02 Å². The predicted octanol–water partition coefficient (Wildman–Crippen LogP) is 2.24. The summed E-state index contributed by atoms with van der Waals surface area (Å²) >= 11 is 5.62. The quantitative estimate of drug-likeness (QED) is 0.885. The first-order valence-corrected chi connectivity index (χ1v) is 5.57. The van der Waals surface area contributed by atoms with Gasteiger partial charge in [0, 0.05) is 5.02 Å². The third-order valence-corrected chi connectivity index (χ3v) is 2.74. The summed E-state index contributed by atoms with van der Waals surface area (Å²) in [5.74, 6) is -2.07. The summed E-state index contributed by atoms with van der Waals surface area (Å²) in [4.78, 5) is 28.6. The number of carboxylic acids is 1. The zero-order valence-electron chi connectivity index (χ0n) is 9.70. The third-order valence-electron chi connectivity index (χ3n) is 2.50. The molecule has 2 rings (SSSR count). The van der Waals surface area contributed by atoms with Gasteiger partial charge < -0.3 is 10.1 Å². The first-order chi connectivity index (χ1) is 8.90. The van der Waals surface area contributed by atoms with E-state index in [1.807, 2.05) is 0 Å². The maximum atomic E-state index is 13.7. The number of H-pyrrole nitrogens is 1. The lowest BCUT2D eigenvalue weighted by atomic mass is 10.1. The van der Waals surface area contributed by atoms with E-state index in [2.05, 4.69) is 9.97 Å². The number of aromatic nitrogens is 2. The molecule has 2 N–H and O–H groups in total. The zero-order chi connectivity index (χ0) is 14.2. The Morgan fingerprint density at radius 1 is 1.47 bits per heavy atom. The van der Waals surface area contributed by atoms with Crippen LogP contribution in [0, 0.1) is 12.7 Å². The molecule has 0 bridgehead atoms. The van der Waals surface area contributed by atoms with E-state index in [1.165, 1.54) is 19.1 Å². The Hall–Kier alpha value is -2.21. The highest BCUT2D eigenvalue weighted by molar-refractivity contribution is 6.30. The maximum Gasteiger partial charge on any atom is 0.343 e. The molecule has 1 aromatic heterocycles. The highest BCUT2D eigenvalue weighted by atomic mass is 35.5. The van der Waals surface area contributed by atoms with Gasteiger partial charge in [0.2, 0.25) is 0 Å². The van der Waals surface area contributed by atoms with Crippen molar-refractivity contribution in [2.45, 2.75) is 6.92 Å². The van der Waals surface area contributed by atoms with Crippen LogP contribution in [0.4, 0.5) is 4.39 Å². The Morgan fingerprint density at radius 3 is 2.68 bits per heavy atom. The molecule has 0 saturated heterocycles. The fourth-order valence-electron chi connectivity index (χ4n) is 1.65. The molecule has 5 nitrogen and oxygen atoms in total. The smallest absolute Gasteiger partial charge is 0.343 e. The Kier molecular flexibility index (Phi) is 3.35. The van der Waals surface area contributed by atoms with Gasteiger partial charge in [-0.05, 0) is 25.1 Å². The molecule has 1 aromatic carbocycles. The fourth-order valence-corrected chi connectivity index (χ4v) is 1.81. The van der Waals surface area contributed by atoms with Crippen LogP contribution >= 0.6 is 11.6 Å². The van der Waals surface area contributed by atoms with E-state index in [1.54, 1.807) is 0 Å². The average molecular weight is 283 g/mol. The largest absolute Gasteiger partial charge is 0.477 e. The van der Waals surface area contributed by atoms with Gasteiger partial charge in [0.05, 0.1) is 11.3 Å². The van der Waals surface area contributed by atoms with Crippen LogP contribution in [0.1, 0.15) is 16.1 Å². The standard InChI is InChI=1S/C12H8ClFN2O3/c1-5-9(12(18)19)11(17)16-10(15-5)7-3-2-6(13)4-8(7)14/h2-4H,1H3,(H,18,19)(H,15,16,17). The van der Waals surface area contributed by atoms with E-state index in [0.29, 0.717) is 0 Å². The highest BCUT2D eigenvalue weighted by Gasteiger charge is 2.17. The molecule has 0 radical (unpaired) electrons. The van der Waals surface area contributed by atoms with Gasteiger partial charge in [-0.25, -0.2) is 14.2 Å². The molecule has 0 fully saturated rings. The minimum atomic E-state index is -1.38. The number of nitrogens with one attached hydrogen (secondary N) is 1. The summed E-state index contributed by atoms with van der Waals surface area (Å²) in [5, 5.41) is 9.06. The van der Waals surface area contributed by atoms with E-state index in [0.717, 1.165) is 6.07 Å². The number of carbonyl (C=O) groups is 1. The minimum absolute atomic E-state index is 0.0144. The Morgan fingerprint density at radius 2 is 2.16 bits per heavy atom. The van der Waals surface area contributed by atoms with Gasteiger partial charge in [-0.3, -0.25) is 4.79 Å². The van der Waals surface area contributed by atoms with Crippen LogP contribution in [0.25, 0.3) is 11.4 Å². The number of rotatable bonds is 2. The molecular formula is C12H8ClFN2O3. The second kappa shape index (κ2) is 4.81. The number of aromatic carboxylic acids is 1. The molecule has 0 aliphatic carbocycles. The monoisotopic (exact) mass is 282 g/mol. The molecule has 0 aliphatic rings. The van der Waals surface area contributed by atoms with Gasteiger partial charge in [0.1, 0.15) is 17.2 Å². The molecule has 19 heavy (non-hydrogen) atoms. The van der Waals surface area contributed by atoms with Crippen molar-refractivity contribution in [2.24, 2.45) is 0 Å². The molecule has 0 unspecified atom stereocenters. The summed E-state index contributed by atoms with van der Waals surface area (Å²) in [5.41, 5.74) is -1.23. The van der Waals surface area contributed by atoms with Crippen LogP contribution in [-0.4, -0.2) is 21.0 Å². The van der Waals surface area contributed by atoms with Crippen molar-refractivity contribution in [1.29, 1.82) is 0 Å². The summed E-state index contributed by atoms with van der Waals surface area (Å²) in [7, 11) is 0. The van der Waals surface area contributed by atoms with Crippen molar-refractivity contribution in [2.75, 3.05) is 0 Å². The lowest BCUT2D eigenvalue weighted by Gasteiger charge is -2.05. The summed E-state index contributed by atoms with van der Waals surface area (Å²) in [6.45, 7) is 1.37. The van der Waals surface area contributed by atoms with Gasteiger partial charge in [-0.2, -0.15) is 0 Å². The minimum Gasteiger partial charge on any atom is -0.477 e. The molecule has 0 amide bonds. The van der Waals surface area contributed by atoms with Gasteiger partial charge in [-0.1, -0.05) is 11.6 Å². The van der Waals surface area contributed by atoms with Crippen LogP contribution in [0.15, 0.2) is 23.0 Å². The van der Waals surface area contributed by atoms with Crippen molar-refractivity contribution >= 4 is 17.6 Å². The molecular weight excluding hydrogens is 275 g/mol. The first kappa shape index (κ1) is 13.2. The lowest BCUT2D eigenvalue weighted by molar-refractivity contribution is 0.0693. The normalized spacial score (nSPS) is 10.5. The van der Waals surface area contributed by atoms with Gasteiger partial charge in [0.15, 0.2) is 0 Å². The second-order valence-corrected chi connectivity index (χ2v) is 4.24. The van der Waals surface area contributed by atoms with Crippen molar-refractivity contribution in [1.82, 2.24) is 9.97 Å². The van der Waals surface area contributed by atoms with Gasteiger partial charge in [-0.15, -0.1) is 0 Å². The second-order valence-electron chi connectivity index (χ2n) is 3.80. The van der Waals surface area contributed by atoms with Crippen LogP contribution in [0.5, 0.6) is 0 Å². The topological polar surface area (TPSA) is 83.0 Å². The molecule has 0 atom stereocenters.